The largest absolute Gasteiger partial charge is 0.457 e. The fraction of sp³-hybridized carbons (Fsp3) is 0.467. The molecule has 3 unspecified atom stereocenters. The number of para-hydroxylation sites is 1. The number of aryl methyl sites for hydroxylation is 1. The van der Waals surface area contributed by atoms with Gasteiger partial charge in [0.05, 0.1) is 16.3 Å². The molecule has 8 nitrogen and oxygen atoms in total. The van der Waals surface area contributed by atoms with Crippen molar-refractivity contribution in [3.8, 4) is 11.5 Å². The number of piperidine rings is 1. The summed E-state index contributed by atoms with van der Waals surface area (Å²) in [6, 6.07) is 16.1. The summed E-state index contributed by atoms with van der Waals surface area (Å²) in [7, 11) is 4.25. The Labute approximate surface area is 234 Å². The van der Waals surface area contributed by atoms with E-state index in [0.717, 1.165) is 67.1 Å². The molecule has 3 N–H and O–H groups in total. The van der Waals surface area contributed by atoms with Crippen LogP contribution in [0.15, 0.2) is 59.1 Å². The van der Waals surface area contributed by atoms with Gasteiger partial charge in [-0.25, -0.2) is 4.79 Å². The van der Waals surface area contributed by atoms with Crippen molar-refractivity contribution in [3.63, 3.8) is 0 Å². The molecule has 0 bridgehead atoms. The predicted molar refractivity (Wildman–Crippen MR) is 155 cm³/mol. The molecule has 6 rings (SSSR count). The van der Waals surface area contributed by atoms with Gasteiger partial charge in [0, 0.05) is 29.4 Å². The summed E-state index contributed by atoms with van der Waals surface area (Å²) in [6.45, 7) is 2.81. The number of anilines is 1. The zero-order chi connectivity index (χ0) is 27.1. The van der Waals surface area contributed by atoms with E-state index in [0.29, 0.717) is 10.9 Å². The third-order valence-electron chi connectivity index (χ3n) is 8.52. The van der Waals surface area contributed by atoms with Crippen LogP contribution in [0.3, 0.4) is 0 Å². The Hall–Kier alpha value is -3.01. The summed E-state index contributed by atoms with van der Waals surface area (Å²) in [5, 5.41) is 10.1. The van der Waals surface area contributed by atoms with Crippen LogP contribution in [0.4, 0.5) is 10.5 Å². The number of urea groups is 1. The van der Waals surface area contributed by atoms with Crippen LogP contribution >= 0.6 is 11.8 Å². The zero-order valence-corrected chi connectivity index (χ0v) is 23.6. The van der Waals surface area contributed by atoms with Gasteiger partial charge >= 0.3 is 6.03 Å². The summed E-state index contributed by atoms with van der Waals surface area (Å²) >= 11 is 1.57. The lowest BCUT2D eigenvalue weighted by atomic mass is 9.86. The van der Waals surface area contributed by atoms with Gasteiger partial charge in [-0.2, -0.15) is 0 Å². The van der Waals surface area contributed by atoms with E-state index in [1.807, 2.05) is 60.4 Å². The van der Waals surface area contributed by atoms with Crippen LogP contribution in [-0.4, -0.2) is 61.0 Å². The van der Waals surface area contributed by atoms with E-state index in [2.05, 4.69) is 34.9 Å². The van der Waals surface area contributed by atoms with E-state index >= 15 is 0 Å². The number of thioether (sulfide) groups is 1. The maximum absolute atomic E-state index is 13.6. The second-order valence-corrected chi connectivity index (χ2v) is 12.4. The van der Waals surface area contributed by atoms with Gasteiger partial charge in [-0.05, 0) is 95.6 Å². The van der Waals surface area contributed by atoms with Crippen molar-refractivity contribution in [2.24, 2.45) is 5.92 Å². The molecule has 9 heteroatoms. The number of amides is 3. The summed E-state index contributed by atoms with van der Waals surface area (Å²) < 4.78 is 6.01. The Bertz CT molecular complexity index is 1270. The zero-order valence-electron chi connectivity index (χ0n) is 22.8. The molecule has 3 fully saturated rings. The van der Waals surface area contributed by atoms with Crippen molar-refractivity contribution in [3.05, 3.63) is 64.7 Å². The van der Waals surface area contributed by atoms with Gasteiger partial charge < -0.3 is 25.6 Å². The Morgan fingerprint density at radius 3 is 2.54 bits per heavy atom. The van der Waals surface area contributed by atoms with E-state index in [-0.39, 0.29) is 35.3 Å². The third kappa shape index (κ3) is 5.15. The molecule has 4 aliphatic rings. The number of carbonyl (C=O) groups is 2. The van der Waals surface area contributed by atoms with E-state index in [1.165, 1.54) is 0 Å². The Kier molecular flexibility index (Phi) is 7.31. The molecule has 1 aliphatic carbocycles. The number of nitrogens with one attached hydrogen (secondary N) is 3. The monoisotopic (exact) mass is 547 g/mol. The number of rotatable bonds is 6. The predicted octanol–water partition coefficient (Wildman–Crippen LogP) is 4.57. The molecule has 3 amide bonds. The Morgan fingerprint density at radius 2 is 1.82 bits per heavy atom. The van der Waals surface area contributed by atoms with Crippen molar-refractivity contribution in [2.45, 2.75) is 62.5 Å². The quantitative estimate of drug-likeness (QED) is 0.491. The lowest BCUT2D eigenvalue weighted by Crippen LogP contribution is -2.62. The third-order valence-corrected chi connectivity index (χ3v) is 9.87. The molecule has 0 aromatic heterocycles. The van der Waals surface area contributed by atoms with Gasteiger partial charge in [-0.3, -0.25) is 9.69 Å². The first-order valence-electron chi connectivity index (χ1n) is 13.9. The molecule has 0 radical (unpaired) electrons. The van der Waals surface area contributed by atoms with Crippen LogP contribution in [0, 0.1) is 12.8 Å². The number of benzene rings is 2. The highest BCUT2D eigenvalue weighted by Crippen LogP contribution is 2.48. The molecule has 3 atom stereocenters. The number of ether oxygens (including phenoxy) is 1. The van der Waals surface area contributed by atoms with Crippen LogP contribution in [0.2, 0.25) is 0 Å². The van der Waals surface area contributed by atoms with Gasteiger partial charge in [-0.1, -0.05) is 30.0 Å². The number of hydrogen-bond donors (Lipinski definition) is 3. The highest BCUT2D eigenvalue weighted by molar-refractivity contribution is 8.04. The molecular formula is C30H37N5O3S. The van der Waals surface area contributed by atoms with Crippen molar-refractivity contribution in [2.75, 3.05) is 25.5 Å². The summed E-state index contributed by atoms with van der Waals surface area (Å²) in [4.78, 5) is 31.9. The normalized spacial score (nSPS) is 28.3. The standard InChI is InChI=1S/C30H37N5O3S/c1-18-17-22(38-21-7-5-4-6-8-21)13-14-23(18)35-24-15-16-31-29-25(24)26(33-30(35)37)27(39-29)28(36)32-19-9-11-20(12-10-19)34(2)3/h4-8,13-14,17,19-20,24-25,29,31H,9-12,15-16H2,1-3H3,(H,32,36)(H,33,37). The van der Waals surface area contributed by atoms with Crippen LogP contribution in [0.5, 0.6) is 11.5 Å². The minimum absolute atomic E-state index is 0.0204. The molecule has 2 aromatic rings. The van der Waals surface area contributed by atoms with Crippen molar-refractivity contribution >= 4 is 29.4 Å². The van der Waals surface area contributed by atoms with Crippen LogP contribution in [-0.2, 0) is 4.79 Å². The second-order valence-electron chi connectivity index (χ2n) is 11.2. The minimum atomic E-state index is -0.175. The van der Waals surface area contributed by atoms with Gasteiger partial charge in [0.15, 0.2) is 0 Å². The molecule has 2 saturated heterocycles. The first-order valence-corrected chi connectivity index (χ1v) is 14.8. The fourth-order valence-corrected chi connectivity index (χ4v) is 7.88. The maximum atomic E-state index is 13.6. The van der Waals surface area contributed by atoms with E-state index < -0.39 is 0 Å². The summed E-state index contributed by atoms with van der Waals surface area (Å²) in [5.41, 5.74) is 2.63. The average molecular weight is 548 g/mol. The maximum Gasteiger partial charge on any atom is 0.326 e. The molecule has 3 heterocycles. The van der Waals surface area contributed by atoms with Crippen molar-refractivity contribution < 1.29 is 14.3 Å². The highest BCUT2D eigenvalue weighted by Gasteiger charge is 2.52. The summed E-state index contributed by atoms with van der Waals surface area (Å²) in [6.07, 6.45) is 4.97. The molecule has 3 aliphatic heterocycles. The molecule has 2 aromatic carbocycles. The number of carbonyl (C=O) groups excluding carboxylic acids is 2. The Morgan fingerprint density at radius 1 is 1.05 bits per heavy atom. The topological polar surface area (TPSA) is 85.9 Å². The lowest BCUT2D eigenvalue weighted by molar-refractivity contribution is -0.117. The second kappa shape index (κ2) is 10.9. The minimum Gasteiger partial charge on any atom is -0.457 e. The average Bonchev–Trinajstić information content (AvgIpc) is 3.30. The molecule has 206 valence electrons. The SMILES string of the molecule is Cc1cc(Oc2ccccc2)ccc1N1C(=O)NC2=C(C(=O)NC3CCC(N(C)C)CC3)SC3NCCC1C23. The van der Waals surface area contributed by atoms with E-state index in [1.54, 1.807) is 11.8 Å². The highest BCUT2D eigenvalue weighted by atomic mass is 32.2. The Balaban J connectivity index is 1.20. The first kappa shape index (κ1) is 26.2. The summed E-state index contributed by atoms with van der Waals surface area (Å²) in [5.74, 6) is 1.49. The van der Waals surface area contributed by atoms with Gasteiger partial charge in [0.25, 0.3) is 5.91 Å². The molecule has 39 heavy (non-hydrogen) atoms. The molecule has 1 saturated carbocycles. The van der Waals surface area contributed by atoms with Crippen LogP contribution in [0.1, 0.15) is 37.7 Å². The van der Waals surface area contributed by atoms with Crippen LogP contribution in [0.25, 0.3) is 0 Å². The van der Waals surface area contributed by atoms with Gasteiger partial charge in [0.1, 0.15) is 11.5 Å². The smallest absolute Gasteiger partial charge is 0.326 e. The van der Waals surface area contributed by atoms with E-state index in [9.17, 15) is 9.59 Å². The number of nitrogens with zero attached hydrogens (tertiary/aromatic N) is 2. The lowest BCUT2D eigenvalue weighted by Gasteiger charge is -2.46. The first-order chi connectivity index (χ1) is 18.9. The fourth-order valence-electron chi connectivity index (χ4n) is 6.48. The molecular weight excluding hydrogens is 510 g/mol. The van der Waals surface area contributed by atoms with E-state index in [4.69, 9.17) is 4.74 Å². The van der Waals surface area contributed by atoms with Crippen molar-refractivity contribution in [1.82, 2.24) is 20.9 Å². The van der Waals surface area contributed by atoms with Crippen molar-refractivity contribution in [1.29, 1.82) is 0 Å². The number of hydrogen-bond acceptors (Lipinski definition) is 6. The van der Waals surface area contributed by atoms with Crippen LogP contribution < -0.4 is 25.6 Å². The van der Waals surface area contributed by atoms with Gasteiger partial charge in [-0.15, -0.1) is 0 Å². The molecule has 0 spiro atoms. The van der Waals surface area contributed by atoms with Gasteiger partial charge in [0.2, 0.25) is 0 Å².